The molecule has 0 heterocycles. The Morgan fingerprint density at radius 1 is 1.13 bits per heavy atom. The number of ether oxygens (including phenoxy) is 1. The van der Waals surface area contributed by atoms with Crippen molar-refractivity contribution < 1.29 is 19.7 Å². The van der Waals surface area contributed by atoms with Crippen LogP contribution in [0.15, 0.2) is 59.9 Å². The molecule has 4 nitrogen and oxygen atoms in total. The molecule has 3 rings (SSSR count). The highest BCUT2D eigenvalue weighted by Crippen LogP contribution is 2.42. The van der Waals surface area contributed by atoms with Crippen LogP contribution in [-0.2, 0) is 4.79 Å². The first-order valence-electron chi connectivity index (χ1n) is 7.77. The molecular formula is C19H20O4. The zero-order chi connectivity index (χ0) is 16.6. The second-order valence-electron chi connectivity index (χ2n) is 6.28. The third kappa shape index (κ3) is 3.02. The Bertz CT molecular complexity index is 697. The van der Waals surface area contributed by atoms with E-state index >= 15 is 0 Å². The Hall–Kier alpha value is -2.49. The first-order valence-corrected chi connectivity index (χ1v) is 7.77. The Labute approximate surface area is 135 Å². The van der Waals surface area contributed by atoms with Crippen LogP contribution in [0.3, 0.4) is 0 Å². The lowest BCUT2D eigenvalue weighted by molar-refractivity contribution is -0.139. The van der Waals surface area contributed by atoms with E-state index in [0.29, 0.717) is 5.75 Å². The molecule has 0 spiro atoms. The fourth-order valence-corrected chi connectivity index (χ4v) is 3.54. The van der Waals surface area contributed by atoms with Crippen LogP contribution in [0.4, 0.5) is 0 Å². The van der Waals surface area contributed by atoms with Crippen LogP contribution in [-0.4, -0.2) is 16.2 Å². The number of benzene rings is 1. The third-order valence-electron chi connectivity index (χ3n) is 4.66. The van der Waals surface area contributed by atoms with Gasteiger partial charge in [-0.1, -0.05) is 26.0 Å². The van der Waals surface area contributed by atoms with E-state index in [1.54, 1.807) is 18.2 Å². The minimum Gasteiger partial charge on any atom is -0.508 e. The van der Waals surface area contributed by atoms with Gasteiger partial charge in [0.1, 0.15) is 17.3 Å². The SMILES string of the molecule is CC1C=C(O)C=C2C=CC(C(=O)Oc3ccc(O)cc3)C(C)C21. The largest absolute Gasteiger partial charge is 0.508 e. The Balaban J connectivity index is 1.79. The summed E-state index contributed by atoms with van der Waals surface area (Å²) in [6, 6.07) is 6.11. The highest BCUT2D eigenvalue weighted by molar-refractivity contribution is 5.78. The van der Waals surface area contributed by atoms with E-state index in [1.807, 2.05) is 32.1 Å². The normalized spacial score (nSPS) is 29.3. The van der Waals surface area contributed by atoms with E-state index < -0.39 is 0 Å². The van der Waals surface area contributed by atoms with Crippen LogP contribution in [0.25, 0.3) is 0 Å². The van der Waals surface area contributed by atoms with Crippen LogP contribution in [0.2, 0.25) is 0 Å². The summed E-state index contributed by atoms with van der Waals surface area (Å²) in [7, 11) is 0. The van der Waals surface area contributed by atoms with Gasteiger partial charge in [0.2, 0.25) is 0 Å². The molecule has 23 heavy (non-hydrogen) atoms. The number of hydrogen-bond donors (Lipinski definition) is 2. The lowest BCUT2D eigenvalue weighted by Gasteiger charge is -2.37. The molecule has 0 fully saturated rings. The van der Waals surface area contributed by atoms with Gasteiger partial charge in [0.25, 0.3) is 0 Å². The van der Waals surface area contributed by atoms with Crippen LogP contribution in [0.1, 0.15) is 13.8 Å². The molecule has 2 aliphatic rings. The summed E-state index contributed by atoms with van der Waals surface area (Å²) in [6.07, 6.45) is 7.35. The molecule has 4 atom stereocenters. The van der Waals surface area contributed by atoms with E-state index in [2.05, 4.69) is 0 Å². The first kappa shape index (κ1) is 15.4. The summed E-state index contributed by atoms with van der Waals surface area (Å²) in [5.74, 6) is 0.636. The summed E-state index contributed by atoms with van der Waals surface area (Å²) < 4.78 is 5.43. The quantitative estimate of drug-likeness (QED) is 0.644. The van der Waals surface area contributed by atoms with Gasteiger partial charge in [-0.05, 0) is 59.7 Å². The number of phenolic OH excluding ortho intramolecular Hbond substituents is 1. The molecule has 1 aromatic rings. The number of carbonyl (C=O) groups is 1. The highest BCUT2D eigenvalue weighted by atomic mass is 16.5. The summed E-state index contributed by atoms with van der Waals surface area (Å²) in [5, 5.41) is 19.0. The molecule has 120 valence electrons. The molecule has 0 radical (unpaired) electrons. The lowest BCUT2D eigenvalue weighted by Crippen LogP contribution is -2.36. The molecule has 0 amide bonds. The van der Waals surface area contributed by atoms with Gasteiger partial charge in [0, 0.05) is 0 Å². The van der Waals surface area contributed by atoms with Crippen molar-refractivity contribution in [2.75, 3.05) is 0 Å². The Morgan fingerprint density at radius 2 is 1.83 bits per heavy atom. The summed E-state index contributed by atoms with van der Waals surface area (Å²) in [5.41, 5.74) is 1.05. The van der Waals surface area contributed by atoms with Crippen molar-refractivity contribution in [1.29, 1.82) is 0 Å². The van der Waals surface area contributed by atoms with E-state index in [4.69, 9.17) is 4.74 Å². The first-order chi connectivity index (χ1) is 11.0. The van der Waals surface area contributed by atoms with Crippen molar-refractivity contribution in [3.63, 3.8) is 0 Å². The maximum Gasteiger partial charge on any atom is 0.318 e. The topological polar surface area (TPSA) is 66.8 Å². The van der Waals surface area contributed by atoms with Crippen molar-refractivity contribution >= 4 is 5.97 Å². The van der Waals surface area contributed by atoms with Gasteiger partial charge >= 0.3 is 5.97 Å². The molecule has 0 saturated heterocycles. The number of aliphatic hydroxyl groups is 1. The molecule has 1 aromatic carbocycles. The van der Waals surface area contributed by atoms with Gasteiger partial charge in [-0.2, -0.15) is 0 Å². The molecule has 0 aliphatic heterocycles. The molecule has 0 saturated carbocycles. The monoisotopic (exact) mass is 312 g/mol. The average Bonchev–Trinajstić information content (AvgIpc) is 2.49. The average molecular weight is 312 g/mol. The van der Waals surface area contributed by atoms with Crippen molar-refractivity contribution in [2.24, 2.45) is 23.7 Å². The maximum absolute atomic E-state index is 12.5. The predicted molar refractivity (Wildman–Crippen MR) is 87.0 cm³/mol. The Kier molecular flexibility index (Phi) is 3.99. The highest BCUT2D eigenvalue weighted by Gasteiger charge is 2.38. The van der Waals surface area contributed by atoms with Gasteiger partial charge in [-0.25, -0.2) is 0 Å². The van der Waals surface area contributed by atoms with Crippen molar-refractivity contribution in [2.45, 2.75) is 13.8 Å². The van der Waals surface area contributed by atoms with Crippen LogP contribution in [0.5, 0.6) is 11.5 Å². The van der Waals surface area contributed by atoms with Crippen molar-refractivity contribution in [3.05, 3.63) is 59.9 Å². The van der Waals surface area contributed by atoms with Crippen LogP contribution >= 0.6 is 0 Å². The summed E-state index contributed by atoms with van der Waals surface area (Å²) in [6.45, 7) is 4.09. The molecular weight excluding hydrogens is 292 g/mol. The summed E-state index contributed by atoms with van der Waals surface area (Å²) in [4.78, 5) is 12.5. The zero-order valence-corrected chi connectivity index (χ0v) is 13.1. The molecule has 2 N–H and O–H groups in total. The fourth-order valence-electron chi connectivity index (χ4n) is 3.54. The van der Waals surface area contributed by atoms with Gasteiger partial charge in [0.05, 0.1) is 5.92 Å². The number of allylic oxidation sites excluding steroid dienone is 4. The van der Waals surface area contributed by atoms with E-state index in [0.717, 1.165) is 5.57 Å². The lowest BCUT2D eigenvalue weighted by atomic mass is 9.67. The van der Waals surface area contributed by atoms with Gasteiger partial charge in [-0.3, -0.25) is 4.79 Å². The molecule has 4 unspecified atom stereocenters. The summed E-state index contributed by atoms with van der Waals surface area (Å²) >= 11 is 0. The number of aromatic hydroxyl groups is 1. The maximum atomic E-state index is 12.5. The molecule has 2 aliphatic carbocycles. The third-order valence-corrected chi connectivity index (χ3v) is 4.66. The fraction of sp³-hybridized carbons (Fsp3) is 0.316. The zero-order valence-electron chi connectivity index (χ0n) is 13.1. The number of fused-ring (bicyclic) bond motifs is 1. The minimum absolute atomic E-state index is 0.0789. The number of rotatable bonds is 2. The molecule has 0 aromatic heterocycles. The second-order valence-corrected chi connectivity index (χ2v) is 6.28. The number of esters is 1. The number of carbonyl (C=O) groups excluding carboxylic acids is 1. The predicted octanol–water partition coefficient (Wildman–Crippen LogP) is 3.75. The smallest absolute Gasteiger partial charge is 0.318 e. The second kappa shape index (κ2) is 5.95. The molecule has 0 bridgehead atoms. The van der Waals surface area contributed by atoms with Crippen molar-refractivity contribution in [1.82, 2.24) is 0 Å². The van der Waals surface area contributed by atoms with Crippen LogP contribution in [0, 0.1) is 23.7 Å². The Morgan fingerprint density at radius 3 is 2.52 bits per heavy atom. The molecule has 4 heteroatoms. The van der Waals surface area contributed by atoms with E-state index in [-0.39, 0.29) is 41.1 Å². The van der Waals surface area contributed by atoms with Crippen LogP contribution < -0.4 is 4.74 Å². The van der Waals surface area contributed by atoms with E-state index in [1.165, 1.54) is 12.1 Å². The van der Waals surface area contributed by atoms with Gasteiger partial charge in [-0.15, -0.1) is 0 Å². The minimum atomic E-state index is -0.331. The van der Waals surface area contributed by atoms with Gasteiger partial charge < -0.3 is 14.9 Å². The van der Waals surface area contributed by atoms with Gasteiger partial charge in [0.15, 0.2) is 0 Å². The standard InChI is InChI=1S/C19H20O4/c1-11-9-15(21)10-13-3-8-17(12(2)18(11)13)19(22)23-16-6-4-14(20)5-7-16/h3-12,17-18,20-21H,1-2H3. The van der Waals surface area contributed by atoms with E-state index in [9.17, 15) is 15.0 Å². The number of hydrogen-bond acceptors (Lipinski definition) is 4. The van der Waals surface area contributed by atoms with Crippen molar-refractivity contribution in [3.8, 4) is 11.5 Å². The number of aliphatic hydroxyl groups excluding tert-OH is 1. The number of phenols is 1.